The van der Waals surface area contributed by atoms with Gasteiger partial charge >= 0.3 is 0 Å². The Morgan fingerprint density at radius 3 is 1.89 bits per heavy atom. The molecule has 2 unspecified atom stereocenters. The minimum atomic E-state index is -0.915. The Hall–Kier alpha value is -0.670. The van der Waals surface area contributed by atoms with Gasteiger partial charge in [-0.2, -0.15) is 0 Å². The van der Waals surface area contributed by atoms with Gasteiger partial charge in [0.15, 0.2) is 0 Å². The summed E-state index contributed by atoms with van der Waals surface area (Å²) in [4.78, 5) is 0. The van der Waals surface area contributed by atoms with Crippen molar-refractivity contribution in [2.75, 3.05) is 5.75 Å². The van der Waals surface area contributed by atoms with Gasteiger partial charge in [-0.05, 0) is 37.3 Å². The smallest absolute Gasteiger partial charge is 0.0433 e. The summed E-state index contributed by atoms with van der Waals surface area (Å²) in [6.45, 7) is 12.5. The van der Waals surface area contributed by atoms with Crippen molar-refractivity contribution in [3.63, 3.8) is 0 Å². The Balaban J connectivity index is 2.79. The van der Waals surface area contributed by atoms with E-state index in [1.165, 1.54) is 5.56 Å². The molecule has 0 aliphatic rings. The Morgan fingerprint density at radius 2 is 1.53 bits per heavy atom. The van der Waals surface area contributed by atoms with Crippen LogP contribution in [-0.2, 0) is 16.2 Å². The van der Waals surface area contributed by atoms with Crippen LogP contribution in [0.4, 0.5) is 0 Å². The van der Waals surface area contributed by atoms with Crippen LogP contribution in [0.1, 0.15) is 58.7 Å². The molecule has 1 aromatic carbocycles. The molecule has 0 heterocycles. The second-order valence-electron chi connectivity index (χ2n) is 7.10. The molecule has 0 spiro atoms. The van der Waals surface area contributed by atoms with E-state index in [0.29, 0.717) is 5.75 Å². The maximum Gasteiger partial charge on any atom is 0.0433 e. The average molecular weight is 281 g/mol. The summed E-state index contributed by atoms with van der Waals surface area (Å²) in [5.41, 5.74) is 8.66. The highest BCUT2D eigenvalue weighted by molar-refractivity contribution is 7.86. The van der Waals surface area contributed by atoms with Crippen LogP contribution in [-0.4, -0.2) is 14.7 Å². The lowest BCUT2D eigenvalue weighted by molar-refractivity contribution is 0.589. The van der Waals surface area contributed by atoms with E-state index in [9.17, 15) is 4.21 Å². The quantitative estimate of drug-likeness (QED) is 0.921. The molecule has 0 bridgehead atoms. The van der Waals surface area contributed by atoms with E-state index in [0.717, 1.165) is 5.56 Å². The van der Waals surface area contributed by atoms with Crippen molar-refractivity contribution in [3.8, 4) is 0 Å². The average Bonchev–Trinajstić information content (AvgIpc) is 2.26. The van der Waals surface area contributed by atoms with Crippen LogP contribution in [0, 0.1) is 0 Å². The monoisotopic (exact) mass is 281 g/mol. The molecule has 0 aliphatic carbocycles. The summed E-state index contributed by atoms with van der Waals surface area (Å²) >= 11 is 0. The molecule has 108 valence electrons. The molecule has 3 heteroatoms. The zero-order valence-electron chi connectivity index (χ0n) is 13.0. The number of rotatable bonds is 3. The molecule has 1 rings (SSSR count). The van der Waals surface area contributed by atoms with E-state index < -0.39 is 10.8 Å². The van der Waals surface area contributed by atoms with Gasteiger partial charge in [-0.15, -0.1) is 0 Å². The van der Waals surface area contributed by atoms with Crippen LogP contribution < -0.4 is 5.73 Å². The van der Waals surface area contributed by atoms with Crippen LogP contribution in [0.2, 0.25) is 0 Å². The van der Waals surface area contributed by atoms with Gasteiger partial charge in [-0.3, -0.25) is 4.21 Å². The minimum absolute atomic E-state index is 0.150. The molecule has 0 fully saturated rings. The van der Waals surface area contributed by atoms with Gasteiger partial charge in [-0.25, -0.2) is 0 Å². The van der Waals surface area contributed by atoms with Crippen molar-refractivity contribution >= 4 is 10.8 Å². The number of hydrogen-bond acceptors (Lipinski definition) is 2. The minimum Gasteiger partial charge on any atom is -0.323 e. The molecule has 2 nitrogen and oxygen atoms in total. The Kier molecular flexibility index (Phi) is 4.97. The van der Waals surface area contributed by atoms with Gasteiger partial charge in [0.1, 0.15) is 0 Å². The summed E-state index contributed by atoms with van der Waals surface area (Å²) < 4.78 is 11.9. The molecule has 1 aromatic rings. The number of nitrogens with two attached hydrogens (primary N) is 1. The molecular formula is C16H27NOS. The maximum atomic E-state index is 12.1. The van der Waals surface area contributed by atoms with Crippen LogP contribution >= 0.6 is 0 Å². The molecule has 2 N–H and O–H groups in total. The third-order valence-electron chi connectivity index (χ3n) is 3.22. The fraction of sp³-hybridized carbons (Fsp3) is 0.625. The largest absolute Gasteiger partial charge is 0.323 e. The molecule has 0 amide bonds. The van der Waals surface area contributed by atoms with Gasteiger partial charge in [0, 0.05) is 27.3 Å². The normalized spacial score (nSPS) is 16.2. The number of hydrogen-bond donors (Lipinski definition) is 1. The maximum absolute atomic E-state index is 12.1. The van der Waals surface area contributed by atoms with Gasteiger partial charge in [-0.1, -0.05) is 45.0 Å². The van der Waals surface area contributed by atoms with Gasteiger partial charge in [0.25, 0.3) is 0 Å². The van der Waals surface area contributed by atoms with E-state index in [1.807, 2.05) is 20.8 Å². The standard InChI is InChI=1S/C16H27NOS/c1-15(2,3)13-9-7-12(8-10-13)14(17)11-19(18)16(4,5)6/h7-10,14H,11,17H2,1-6H3. The second-order valence-corrected chi connectivity index (χ2v) is 9.35. The van der Waals surface area contributed by atoms with E-state index in [2.05, 4.69) is 45.0 Å². The lowest BCUT2D eigenvalue weighted by Crippen LogP contribution is -2.29. The lowest BCUT2D eigenvalue weighted by atomic mass is 9.86. The number of benzene rings is 1. The lowest BCUT2D eigenvalue weighted by Gasteiger charge is -2.22. The van der Waals surface area contributed by atoms with Crippen molar-refractivity contribution < 1.29 is 4.21 Å². The van der Waals surface area contributed by atoms with Gasteiger partial charge < -0.3 is 5.73 Å². The molecule has 0 radical (unpaired) electrons. The second kappa shape index (κ2) is 5.76. The van der Waals surface area contributed by atoms with E-state index in [4.69, 9.17) is 5.73 Å². The summed E-state index contributed by atoms with van der Waals surface area (Å²) in [6.07, 6.45) is 0. The first-order valence-electron chi connectivity index (χ1n) is 6.76. The fourth-order valence-electron chi connectivity index (χ4n) is 1.74. The SMILES string of the molecule is CC(C)(C)c1ccc(C(N)CS(=O)C(C)(C)C)cc1. The van der Waals surface area contributed by atoms with Gasteiger partial charge in [0.2, 0.25) is 0 Å². The molecule has 0 saturated heterocycles. The molecular weight excluding hydrogens is 254 g/mol. The Morgan fingerprint density at radius 1 is 1.05 bits per heavy atom. The van der Waals surface area contributed by atoms with Crippen molar-refractivity contribution in [1.82, 2.24) is 0 Å². The molecule has 0 aromatic heterocycles. The Bertz CT molecular complexity index is 437. The van der Waals surface area contributed by atoms with Crippen LogP contribution in [0.3, 0.4) is 0 Å². The highest BCUT2D eigenvalue weighted by atomic mass is 32.2. The van der Waals surface area contributed by atoms with E-state index in [-0.39, 0.29) is 16.2 Å². The third-order valence-corrected chi connectivity index (χ3v) is 5.25. The first-order valence-corrected chi connectivity index (χ1v) is 8.08. The molecule has 0 saturated carbocycles. The van der Waals surface area contributed by atoms with E-state index in [1.54, 1.807) is 0 Å². The predicted molar refractivity (Wildman–Crippen MR) is 84.8 cm³/mol. The molecule has 0 aliphatic heterocycles. The van der Waals surface area contributed by atoms with Crippen molar-refractivity contribution in [2.24, 2.45) is 5.73 Å². The molecule has 2 atom stereocenters. The highest BCUT2D eigenvalue weighted by Gasteiger charge is 2.22. The zero-order valence-corrected chi connectivity index (χ0v) is 13.8. The van der Waals surface area contributed by atoms with Crippen molar-refractivity contribution in [1.29, 1.82) is 0 Å². The molecule has 19 heavy (non-hydrogen) atoms. The summed E-state index contributed by atoms with van der Waals surface area (Å²) in [5, 5.41) is 0. The topological polar surface area (TPSA) is 43.1 Å². The van der Waals surface area contributed by atoms with Crippen molar-refractivity contribution in [2.45, 2.75) is 57.7 Å². The van der Waals surface area contributed by atoms with E-state index >= 15 is 0 Å². The summed E-state index contributed by atoms with van der Waals surface area (Å²) in [7, 11) is -0.915. The third kappa shape index (κ3) is 4.73. The first kappa shape index (κ1) is 16.4. The summed E-state index contributed by atoms with van der Waals surface area (Å²) in [5.74, 6) is 0.512. The van der Waals surface area contributed by atoms with Crippen LogP contribution in [0.15, 0.2) is 24.3 Å². The van der Waals surface area contributed by atoms with Crippen LogP contribution in [0.25, 0.3) is 0 Å². The zero-order chi connectivity index (χ0) is 14.8. The highest BCUT2D eigenvalue weighted by Crippen LogP contribution is 2.24. The van der Waals surface area contributed by atoms with Crippen molar-refractivity contribution in [3.05, 3.63) is 35.4 Å². The first-order chi connectivity index (χ1) is 8.51. The fourth-order valence-corrected chi connectivity index (χ4v) is 2.76. The van der Waals surface area contributed by atoms with Gasteiger partial charge in [0.05, 0.1) is 0 Å². The predicted octanol–water partition coefficient (Wildman–Crippen LogP) is 3.53. The summed E-state index contributed by atoms with van der Waals surface area (Å²) in [6, 6.07) is 8.20. The Labute approximate surface area is 120 Å². The van der Waals surface area contributed by atoms with Crippen LogP contribution in [0.5, 0.6) is 0 Å².